The fourth-order valence-electron chi connectivity index (χ4n) is 6.24. The lowest BCUT2D eigenvalue weighted by Crippen LogP contribution is -2.04. The van der Waals surface area contributed by atoms with Gasteiger partial charge in [-0.2, -0.15) is 0 Å². The molecule has 0 spiro atoms. The molecule has 4 heterocycles. The molecule has 4 aromatic carbocycles. The van der Waals surface area contributed by atoms with Gasteiger partial charge in [0.15, 0.2) is 17.5 Å². The zero-order valence-corrected chi connectivity index (χ0v) is 24.5. The van der Waals surface area contributed by atoms with Gasteiger partial charge in [-0.1, -0.05) is 85.0 Å². The van der Waals surface area contributed by atoms with Crippen molar-refractivity contribution in [1.82, 2.24) is 24.5 Å². The van der Waals surface area contributed by atoms with Crippen LogP contribution in [-0.4, -0.2) is 24.5 Å². The third-order valence-corrected chi connectivity index (χ3v) is 9.57. The highest BCUT2D eigenvalue weighted by Gasteiger charge is 2.19. The second kappa shape index (κ2) is 10.1. The standard InChI is InChI=1S/C38H25N5S/c1-3-11-24(12-4-1)36-40-37(25-13-5-2-6-14-25)42-38(41-36)26-19-21-27(22-20-26)43-31-17-9-7-16-29(31)33-34(43)35-30(23-39-33)28-15-8-10-18-32(28)44-35/h1-5,7-13,15-23H,6,14H2. The van der Waals surface area contributed by atoms with Gasteiger partial charge >= 0.3 is 0 Å². The maximum atomic E-state index is 5.01. The molecule has 9 rings (SSSR count). The number of nitrogens with zero attached hydrogens (tertiary/aromatic N) is 5. The molecule has 44 heavy (non-hydrogen) atoms. The van der Waals surface area contributed by atoms with Gasteiger partial charge in [0, 0.05) is 43.9 Å². The van der Waals surface area contributed by atoms with E-state index in [1.165, 1.54) is 20.2 Å². The predicted molar refractivity (Wildman–Crippen MR) is 182 cm³/mol. The Balaban J connectivity index is 1.23. The molecule has 4 aromatic heterocycles. The van der Waals surface area contributed by atoms with E-state index in [9.17, 15) is 0 Å². The minimum atomic E-state index is 0.673. The van der Waals surface area contributed by atoms with Crippen molar-refractivity contribution in [2.24, 2.45) is 0 Å². The second-order valence-electron chi connectivity index (χ2n) is 11.0. The number of allylic oxidation sites excluding steroid dienone is 4. The normalized spacial score (nSPS) is 13.3. The van der Waals surface area contributed by atoms with Gasteiger partial charge in [-0.05, 0) is 54.8 Å². The Morgan fingerprint density at radius 3 is 2.14 bits per heavy atom. The molecule has 0 fully saturated rings. The number of aromatic nitrogens is 5. The van der Waals surface area contributed by atoms with Gasteiger partial charge in [0.1, 0.15) is 0 Å². The molecular weight excluding hydrogens is 559 g/mol. The molecule has 0 amide bonds. The molecule has 5 nitrogen and oxygen atoms in total. The summed E-state index contributed by atoms with van der Waals surface area (Å²) < 4.78 is 4.88. The molecule has 1 aliphatic rings. The van der Waals surface area contributed by atoms with Crippen molar-refractivity contribution in [1.29, 1.82) is 0 Å². The van der Waals surface area contributed by atoms with E-state index in [2.05, 4.69) is 95.6 Å². The fourth-order valence-corrected chi connectivity index (χ4v) is 7.45. The first-order valence-electron chi connectivity index (χ1n) is 14.8. The van der Waals surface area contributed by atoms with Crippen LogP contribution in [0.5, 0.6) is 0 Å². The topological polar surface area (TPSA) is 56.5 Å². The molecule has 0 atom stereocenters. The number of para-hydroxylation sites is 1. The van der Waals surface area contributed by atoms with E-state index in [0.717, 1.165) is 63.0 Å². The van der Waals surface area contributed by atoms with E-state index in [1.54, 1.807) is 0 Å². The summed E-state index contributed by atoms with van der Waals surface area (Å²) in [5, 5.41) is 3.59. The SMILES string of the molecule is C1=CCCC(c2nc(-c3ccccc3)nc(-c3ccc(-n4c5ccccc5c5ncc6c7ccccc7sc6c54)cc3)n2)=C1. The van der Waals surface area contributed by atoms with Gasteiger partial charge in [0.2, 0.25) is 0 Å². The minimum absolute atomic E-state index is 0.673. The Labute approximate surface area is 257 Å². The third-order valence-electron chi connectivity index (χ3n) is 8.37. The van der Waals surface area contributed by atoms with Crippen molar-refractivity contribution in [3.63, 3.8) is 0 Å². The Bertz CT molecular complexity index is 2430. The maximum Gasteiger partial charge on any atom is 0.164 e. The van der Waals surface area contributed by atoms with Crippen LogP contribution in [0.15, 0.2) is 128 Å². The quantitative estimate of drug-likeness (QED) is 0.207. The summed E-state index contributed by atoms with van der Waals surface area (Å²) in [7, 11) is 0. The molecule has 0 unspecified atom stereocenters. The summed E-state index contributed by atoms with van der Waals surface area (Å²) in [5.74, 6) is 2.10. The molecule has 6 heteroatoms. The molecule has 0 N–H and O–H groups in total. The van der Waals surface area contributed by atoms with Crippen molar-refractivity contribution >= 4 is 59.0 Å². The van der Waals surface area contributed by atoms with Crippen molar-refractivity contribution in [3.05, 3.63) is 133 Å². The van der Waals surface area contributed by atoms with Gasteiger partial charge in [-0.3, -0.25) is 4.98 Å². The summed E-state index contributed by atoms with van der Waals surface area (Å²) in [6.45, 7) is 0. The van der Waals surface area contributed by atoms with E-state index in [-0.39, 0.29) is 0 Å². The van der Waals surface area contributed by atoms with Crippen LogP contribution in [0.3, 0.4) is 0 Å². The highest BCUT2D eigenvalue weighted by atomic mass is 32.1. The van der Waals surface area contributed by atoms with E-state index >= 15 is 0 Å². The molecular formula is C38H25N5S. The zero-order valence-electron chi connectivity index (χ0n) is 23.7. The lowest BCUT2D eigenvalue weighted by molar-refractivity contribution is 0.978. The number of pyridine rings is 1. The van der Waals surface area contributed by atoms with Crippen LogP contribution < -0.4 is 0 Å². The first-order valence-corrected chi connectivity index (χ1v) is 15.6. The molecule has 0 saturated heterocycles. The lowest BCUT2D eigenvalue weighted by Gasteiger charge is -2.12. The Hall–Kier alpha value is -5.46. The highest BCUT2D eigenvalue weighted by Crippen LogP contribution is 2.42. The largest absolute Gasteiger partial charge is 0.306 e. The zero-order chi connectivity index (χ0) is 29.0. The summed E-state index contributed by atoms with van der Waals surface area (Å²) in [6.07, 6.45) is 10.3. The smallest absolute Gasteiger partial charge is 0.164 e. The van der Waals surface area contributed by atoms with Crippen molar-refractivity contribution < 1.29 is 0 Å². The average molecular weight is 584 g/mol. The van der Waals surface area contributed by atoms with Crippen molar-refractivity contribution in [2.75, 3.05) is 0 Å². The van der Waals surface area contributed by atoms with Crippen LogP contribution >= 0.6 is 11.3 Å². The van der Waals surface area contributed by atoms with Crippen LogP contribution in [0, 0.1) is 0 Å². The first kappa shape index (κ1) is 25.1. The Kier molecular flexibility index (Phi) is 5.74. The highest BCUT2D eigenvalue weighted by molar-refractivity contribution is 7.26. The van der Waals surface area contributed by atoms with Crippen LogP contribution in [-0.2, 0) is 0 Å². The van der Waals surface area contributed by atoms with Gasteiger partial charge in [0.05, 0.1) is 21.3 Å². The van der Waals surface area contributed by atoms with Crippen molar-refractivity contribution in [2.45, 2.75) is 12.8 Å². The van der Waals surface area contributed by atoms with Gasteiger partial charge in [0.25, 0.3) is 0 Å². The van der Waals surface area contributed by atoms with Gasteiger partial charge < -0.3 is 4.57 Å². The number of rotatable bonds is 4. The van der Waals surface area contributed by atoms with Crippen LogP contribution in [0.2, 0.25) is 0 Å². The van der Waals surface area contributed by atoms with Crippen molar-refractivity contribution in [3.8, 4) is 28.5 Å². The van der Waals surface area contributed by atoms with E-state index in [0.29, 0.717) is 11.6 Å². The fraction of sp³-hybridized carbons (Fsp3) is 0.0526. The number of benzene rings is 4. The summed E-state index contributed by atoms with van der Waals surface area (Å²) >= 11 is 1.83. The Morgan fingerprint density at radius 2 is 1.34 bits per heavy atom. The second-order valence-corrected chi connectivity index (χ2v) is 12.1. The van der Waals surface area contributed by atoms with Gasteiger partial charge in [-0.25, -0.2) is 15.0 Å². The van der Waals surface area contributed by atoms with Crippen LogP contribution in [0.25, 0.3) is 76.1 Å². The summed E-state index contributed by atoms with van der Waals surface area (Å²) in [4.78, 5) is 19.8. The molecule has 0 saturated carbocycles. The van der Waals surface area contributed by atoms with Crippen LogP contribution in [0.4, 0.5) is 0 Å². The Morgan fingerprint density at radius 1 is 0.636 bits per heavy atom. The minimum Gasteiger partial charge on any atom is -0.306 e. The number of fused-ring (bicyclic) bond motifs is 7. The van der Waals surface area contributed by atoms with Crippen LogP contribution in [0.1, 0.15) is 18.7 Å². The third kappa shape index (κ3) is 3.99. The number of thiophene rings is 1. The molecule has 8 aromatic rings. The first-order chi connectivity index (χ1) is 21.8. The maximum absolute atomic E-state index is 5.01. The average Bonchev–Trinajstić information content (AvgIpc) is 3.65. The van der Waals surface area contributed by atoms with E-state index in [1.807, 2.05) is 47.9 Å². The van der Waals surface area contributed by atoms with E-state index in [4.69, 9.17) is 19.9 Å². The molecule has 1 aliphatic carbocycles. The lowest BCUT2D eigenvalue weighted by atomic mass is 10.0. The molecule has 0 radical (unpaired) electrons. The summed E-state index contributed by atoms with van der Waals surface area (Å²) in [5.41, 5.74) is 7.44. The molecule has 0 bridgehead atoms. The van der Waals surface area contributed by atoms with E-state index < -0.39 is 0 Å². The number of hydrogen-bond donors (Lipinski definition) is 0. The monoisotopic (exact) mass is 583 g/mol. The molecule has 0 aliphatic heterocycles. The molecule has 208 valence electrons. The number of hydrogen-bond acceptors (Lipinski definition) is 5. The predicted octanol–water partition coefficient (Wildman–Crippen LogP) is 9.80. The summed E-state index contributed by atoms with van der Waals surface area (Å²) in [6, 6.07) is 35.9. The van der Waals surface area contributed by atoms with Gasteiger partial charge in [-0.15, -0.1) is 11.3 Å².